The Bertz CT molecular complexity index is 350. The van der Waals surface area contributed by atoms with Gasteiger partial charge in [-0.25, -0.2) is 0 Å². The Morgan fingerprint density at radius 3 is 2.50 bits per heavy atom. The van der Waals surface area contributed by atoms with Crippen molar-refractivity contribution in [1.29, 1.82) is 0 Å². The van der Waals surface area contributed by atoms with E-state index in [0.29, 0.717) is 4.90 Å². The van der Waals surface area contributed by atoms with Gasteiger partial charge in [-0.05, 0) is 24.3 Å². The molecule has 1 rings (SSSR count). The molecule has 0 heterocycles. The number of rotatable bonds is 4. The molecule has 0 fully saturated rings. The van der Waals surface area contributed by atoms with Crippen molar-refractivity contribution in [3.05, 3.63) is 23.8 Å². The molecule has 0 bridgehead atoms. The van der Waals surface area contributed by atoms with Gasteiger partial charge in [0.2, 0.25) is 0 Å². The average Bonchev–Trinajstić information content (AvgIpc) is 2.24. The number of para-hydroxylation sites is 1. The number of hydrogen-bond donors (Lipinski definition) is 0. The molecule has 0 aromatic heterocycles. The maximum atomic E-state index is 12.6. The highest BCUT2D eigenvalue weighted by Crippen LogP contribution is 2.41. The molecule has 0 aliphatic carbocycles. The fourth-order valence-corrected chi connectivity index (χ4v) is 2.20. The molecule has 5 heteroatoms. The topological polar surface area (TPSA) is 9.23 Å². The summed E-state index contributed by atoms with van der Waals surface area (Å²) in [6, 6.07) is 4.09. The van der Waals surface area contributed by atoms with Gasteiger partial charge in [0.15, 0.2) is 0 Å². The molecule has 0 radical (unpaired) electrons. The lowest BCUT2D eigenvalue weighted by atomic mass is 10.2. The van der Waals surface area contributed by atoms with Gasteiger partial charge >= 0.3 is 6.18 Å². The summed E-state index contributed by atoms with van der Waals surface area (Å²) in [6.45, 7) is 1.98. The lowest BCUT2D eigenvalue weighted by Crippen LogP contribution is -2.08. The lowest BCUT2D eigenvalue weighted by molar-refractivity contribution is -0.139. The lowest BCUT2D eigenvalue weighted by Gasteiger charge is -2.14. The Hall–Kier alpha value is -0.840. The Balaban J connectivity index is 3.11. The summed E-state index contributed by atoms with van der Waals surface area (Å²) >= 11 is 1.38. The molecule has 0 saturated heterocycles. The normalized spacial score (nSPS) is 11.6. The third-order valence-corrected chi connectivity index (χ3v) is 3.19. The number of methoxy groups -OCH3 is 1. The van der Waals surface area contributed by atoms with Crippen LogP contribution >= 0.6 is 11.8 Å². The maximum Gasteiger partial charge on any atom is 0.420 e. The van der Waals surface area contributed by atoms with Crippen molar-refractivity contribution >= 4 is 11.8 Å². The van der Waals surface area contributed by atoms with Gasteiger partial charge in [-0.3, -0.25) is 0 Å². The van der Waals surface area contributed by atoms with E-state index in [1.807, 2.05) is 6.92 Å². The fraction of sp³-hybridized carbons (Fsp3) is 0.455. The van der Waals surface area contributed by atoms with Gasteiger partial charge in [0.1, 0.15) is 5.75 Å². The first-order chi connectivity index (χ1) is 7.50. The summed E-state index contributed by atoms with van der Waals surface area (Å²) in [5.74, 6) is 0.700. The van der Waals surface area contributed by atoms with Gasteiger partial charge in [0.25, 0.3) is 0 Å². The van der Waals surface area contributed by atoms with Crippen LogP contribution in [-0.4, -0.2) is 12.9 Å². The summed E-state index contributed by atoms with van der Waals surface area (Å²) in [7, 11) is 1.26. The van der Waals surface area contributed by atoms with Gasteiger partial charge in [-0.15, -0.1) is 11.8 Å². The summed E-state index contributed by atoms with van der Waals surface area (Å²) in [6.07, 6.45) is -3.46. The fourth-order valence-electron chi connectivity index (χ4n) is 1.28. The molecule has 0 aliphatic heterocycles. The van der Waals surface area contributed by atoms with Crippen molar-refractivity contribution < 1.29 is 17.9 Å². The number of ether oxygens (including phenoxy) is 1. The van der Waals surface area contributed by atoms with E-state index in [9.17, 15) is 13.2 Å². The zero-order chi connectivity index (χ0) is 12.2. The molecule has 16 heavy (non-hydrogen) atoms. The van der Waals surface area contributed by atoms with Crippen molar-refractivity contribution in [3.63, 3.8) is 0 Å². The van der Waals surface area contributed by atoms with Crippen LogP contribution < -0.4 is 4.74 Å². The van der Waals surface area contributed by atoms with Crippen LogP contribution in [0.5, 0.6) is 5.75 Å². The molecule has 0 amide bonds. The van der Waals surface area contributed by atoms with Crippen molar-refractivity contribution in [2.45, 2.75) is 24.4 Å². The highest BCUT2D eigenvalue weighted by atomic mass is 32.2. The Morgan fingerprint density at radius 2 is 2.00 bits per heavy atom. The van der Waals surface area contributed by atoms with Gasteiger partial charge in [-0.1, -0.05) is 13.0 Å². The Labute approximate surface area is 97.0 Å². The number of halogens is 3. The van der Waals surface area contributed by atoms with E-state index in [2.05, 4.69) is 0 Å². The van der Waals surface area contributed by atoms with E-state index in [1.54, 1.807) is 6.07 Å². The van der Waals surface area contributed by atoms with Crippen LogP contribution in [-0.2, 0) is 6.18 Å². The molecule has 0 spiro atoms. The van der Waals surface area contributed by atoms with E-state index in [4.69, 9.17) is 4.74 Å². The zero-order valence-electron chi connectivity index (χ0n) is 9.10. The Morgan fingerprint density at radius 1 is 1.31 bits per heavy atom. The van der Waals surface area contributed by atoms with Crippen LogP contribution in [0.15, 0.2) is 23.1 Å². The first-order valence-corrected chi connectivity index (χ1v) is 5.86. The molecule has 0 saturated carbocycles. The average molecular weight is 250 g/mol. The minimum Gasteiger partial charge on any atom is -0.495 e. The highest BCUT2D eigenvalue weighted by molar-refractivity contribution is 7.99. The number of hydrogen-bond acceptors (Lipinski definition) is 2. The molecule has 90 valence electrons. The second-order valence-electron chi connectivity index (χ2n) is 3.18. The first kappa shape index (κ1) is 13.2. The zero-order valence-corrected chi connectivity index (χ0v) is 9.91. The number of thioether (sulfide) groups is 1. The molecular formula is C11H13F3OS. The summed E-state index contributed by atoms with van der Waals surface area (Å²) < 4.78 is 42.8. The van der Waals surface area contributed by atoms with Gasteiger partial charge < -0.3 is 4.74 Å². The van der Waals surface area contributed by atoms with Gasteiger partial charge in [0.05, 0.1) is 12.7 Å². The van der Waals surface area contributed by atoms with Crippen LogP contribution in [0.4, 0.5) is 13.2 Å². The largest absolute Gasteiger partial charge is 0.495 e. The summed E-state index contributed by atoms with van der Waals surface area (Å²) in [4.78, 5) is 0.541. The first-order valence-electron chi connectivity index (χ1n) is 4.87. The second-order valence-corrected chi connectivity index (χ2v) is 4.32. The molecule has 0 unspecified atom stereocenters. The molecule has 1 aromatic rings. The van der Waals surface area contributed by atoms with Crippen LogP contribution in [0.25, 0.3) is 0 Å². The van der Waals surface area contributed by atoms with Crippen molar-refractivity contribution in [2.24, 2.45) is 0 Å². The second kappa shape index (κ2) is 5.48. The van der Waals surface area contributed by atoms with E-state index in [0.717, 1.165) is 18.2 Å². The molecular weight excluding hydrogens is 237 g/mol. The molecule has 1 aromatic carbocycles. The van der Waals surface area contributed by atoms with Crippen molar-refractivity contribution in [2.75, 3.05) is 12.9 Å². The van der Waals surface area contributed by atoms with Crippen molar-refractivity contribution in [1.82, 2.24) is 0 Å². The van der Waals surface area contributed by atoms with E-state index < -0.39 is 11.7 Å². The summed E-state index contributed by atoms with van der Waals surface area (Å²) in [5, 5.41) is 0. The smallest absolute Gasteiger partial charge is 0.420 e. The molecule has 0 aliphatic rings. The molecule has 1 nitrogen and oxygen atoms in total. The van der Waals surface area contributed by atoms with Crippen molar-refractivity contribution in [3.8, 4) is 5.75 Å². The minimum atomic E-state index is -4.37. The van der Waals surface area contributed by atoms with Gasteiger partial charge in [0, 0.05) is 4.90 Å². The van der Waals surface area contributed by atoms with Crippen LogP contribution in [0.3, 0.4) is 0 Å². The minimum absolute atomic E-state index is 0.0755. The van der Waals surface area contributed by atoms with E-state index >= 15 is 0 Å². The Kier molecular flexibility index (Phi) is 4.53. The highest BCUT2D eigenvalue weighted by Gasteiger charge is 2.35. The number of alkyl halides is 3. The predicted octanol–water partition coefficient (Wildman–Crippen LogP) is 4.22. The third-order valence-electron chi connectivity index (χ3n) is 1.95. The third kappa shape index (κ3) is 3.07. The van der Waals surface area contributed by atoms with Crippen LogP contribution in [0.1, 0.15) is 18.9 Å². The summed E-state index contributed by atoms with van der Waals surface area (Å²) in [5.41, 5.74) is -0.712. The SMILES string of the molecule is CCCSc1cccc(C(F)(F)F)c1OC. The molecule has 0 N–H and O–H groups in total. The van der Waals surface area contributed by atoms with E-state index in [-0.39, 0.29) is 5.75 Å². The quantitative estimate of drug-likeness (QED) is 0.740. The van der Waals surface area contributed by atoms with E-state index in [1.165, 1.54) is 24.9 Å². The van der Waals surface area contributed by atoms with Gasteiger partial charge in [-0.2, -0.15) is 13.2 Å². The monoisotopic (exact) mass is 250 g/mol. The predicted molar refractivity (Wildman–Crippen MR) is 59.0 cm³/mol. The number of benzene rings is 1. The van der Waals surface area contributed by atoms with Crippen LogP contribution in [0, 0.1) is 0 Å². The maximum absolute atomic E-state index is 12.6. The molecule has 0 atom stereocenters. The van der Waals surface area contributed by atoms with Crippen LogP contribution in [0.2, 0.25) is 0 Å². The standard InChI is InChI=1S/C11H13F3OS/c1-3-7-16-9-6-4-5-8(10(9)15-2)11(12,13)14/h4-6H,3,7H2,1-2H3.